The Morgan fingerprint density at radius 1 is 1.18 bits per heavy atom. The second-order valence-electron chi connectivity index (χ2n) is 3.82. The van der Waals surface area contributed by atoms with Crippen molar-refractivity contribution in [2.75, 3.05) is 0 Å². The van der Waals surface area contributed by atoms with Crippen LogP contribution in [0.4, 0.5) is 0 Å². The number of rotatable bonds is 2. The summed E-state index contributed by atoms with van der Waals surface area (Å²) >= 11 is 7.15. The topological polar surface area (TPSA) is 37.3 Å². The fourth-order valence-electron chi connectivity index (χ4n) is 1.68. The highest BCUT2D eigenvalue weighted by molar-refractivity contribution is 7.17. The third-order valence-electron chi connectivity index (χ3n) is 2.75. The Kier molecular flexibility index (Phi) is 3.22. The van der Waals surface area contributed by atoms with Gasteiger partial charge in [-0.15, -0.1) is 11.3 Å². The predicted molar refractivity (Wildman–Crippen MR) is 71.2 cm³/mol. The molecule has 0 amide bonds. The van der Waals surface area contributed by atoms with E-state index in [1.54, 1.807) is 0 Å². The molecule has 0 aliphatic carbocycles. The van der Waals surface area contributed by atoms with Crippen LogP contribution in [0.1, 0.15) is 20.8 Å². The van der Waals surface area contributed by atoms with E-state index in [9.17, 15) is 4.79 Å². The Bertz CT molecular complexity index is 570. The van der Waals surface area contributed by atoms with Gasteiger partial charge in [-0.3, -0.25) is 0 Å². The molecule has 0 saturated carbocycles. The highest BCUT2D eigenvalue weighted by atomic mass is 35.5. The molecule has 0 spiro atoms. The molecular weight excluding hydrogens is 256 g/mol. The van der Waals surface area contributed by atoms with Crippen LogP contribution in [0.5, 0.6) is 0 Å². The molecule has 0 aliphatic rings. The third kappa shape index (κ3) is 2.21. The quantitative estimate of drug-likeness (QED) is 0.876. The average molecular weight is 267 g/mol. The van der Waals surface area contributed by atoms with Crippen LogP contribution in [0, 0.1) is 13.8 Å². The second kappa shape index (κ2) is 4.51. The smallest absolute Gasteiger partial charge is 0.346 e. The van der Waals surface area contributed by atoms with Gasteiger partial charge in [0.05, 0.1) is 0 Å². The Morgan fingerprint density at radius 3 is 2.24 bits per heavy atom. The van der Waals surface area contributed by atoms with Crippen molar-refractivity contribution < 1.29 is 9.90 Å². The van der Waals surface area contributed by atoms with E-state index >= 15 is 0 Å². The maximum Gasteiger partial charge on any atom is 0.346 e. The van der Waals surface area contributed by atoms with Crippen molar-refractivity contribution in [1.29, 1.82) is 0 Å². The molecule has 1 N–H and O–H groups in total. The Labute approximate surface area is 108 Å². The van der Waals surface area contributed by atoms with Gasteiger partial charge in [0.25, 0.3) is 0 Å². The molecule has 0 unspecified atom stereocenters. The molecular formula is C13H11ClO2S. The monoisotopic (exact) mass is 266 g/mol. The van der Waals surface area contributed by atoms with E-state index in [1.165, 1.54) is 11.3 Å². The summed E-state index contributed by atoms with van der Waals surface area (Å²) in [7, 11) is 0. The fourth-order valence-corrected chi connectivity index (χ4v) is 2.96. The summed E-state index contributed by atoms with van der Waals surface area (Å²) in [5, 5.41) is 9.76. The lowest BCUT2D eigenvalue weighted by molar-refractivity contribution is 0.0701. The number of carboxylic acid groups (broad SMARTS) is 1. The molecule has 0 atom stereocenters. The Balaban J connectivity index is 2.56. The van der Waals surface area contributed by atoms with Gasteiger partial charge in [0.1, 0.15) is 4.88 Å². The molecule has 88 valence electrons. The first-order valence-corrected chi connectivity index (χ1v) is 6.29. The molecule has 1 aromatic heterocycles. The summed E-state index contributed by atoms with van der Waals surface area (Å²) in [6.07, 6.45) is 0. The molecule has 0 radical (unpaired) electrons. The number of halogens is 1. The summed E-state index contributed by atoms with van der Waals surface area (Å²) in [5.74, 6) is -0.865. The number of aromatic carboxylic acids is 1. The van der Waals surface area contributed by atoms with Crippen molar-refractivity contribution in [3.63, 3.8) is 0 Å². The number of carboxylic acids is 1. The number of thiophene rings is 1. The molecule has 1 aromatic carbocycles. The minimum atomic E-state index is -0.865. The molecule has 0 bridgehead atoms. The largest absolute Gasteiger partial charge is 0.477 e. The van der Waals surface area contributed by atoms with Crippen molar-refractivity contribution >= 4 is 28.9 Å². The van der Waals surface area contributed by atoms with Gasteiger partial charge in [-0.2, -0.15) is 0 Å². The van der Waals surface area contributed by atoms with E-state index in [2.05, 4.69) is 0 Å². The van der Waals surface area contributed by atoms with E-state index in [0.29, 0.717) is 9.90 Å². The molecule has 0 fully saturated rings. The van der Waals surface area contributed by atoms with Crippen molar-refractivity contribution in [2.45, 2.75) is 13.8 Å². The average Bonchev–Trinajstić information content (AvgIpc) is 2.58. The molecule has 1 heterocycles. The van der Waals surface area contributed by atoms with E-state index in [1.807, 2.05) is 38.1 Å². The lowest BCUT2D eigenvalue weighted by Crippen LogP contribution is -1.94. The normalized spacial score (nSPS) is 10.5. The van der Waals surface area contributed by atoms with Crippen LogP contribution < -0.4 is 0 Å². The van der Waals surface area contributed by atoms with Gasteiger partial charge in [-0.05, 0) is 42.7 Å². The highest BCUT2D eigenvalue weighted by Gasteiger charge is 2.17. The van der Waals surface area contributed by atoms with Crippen LogP contribution >= 0.6 is 22.9 Å². The standard InChI is InChI=1S/C13H11ClO2S/c1-7-8(2)12(13(15)16)17-11(7)9-3-5-10(14)6-4-9/h3-6H,1-2H3,(H,15,16). The maximum atomic E-state index is 11.1. The minimum absolute atomic E-state index is 0.410. The van der Waals surface area contributed by atoms with Crippen LogP contribution in [-0.2, 0) is 0 Å². The van der Waals surface area contributed by atoms with E-state index in [4.69, 9.17) is 16.7 Å². The maximum absolute atomic E-state index is 11.1. The summed E-state index contributed by atoms with van der Waals surface area (Å²) in [5.41, 5.74) is 2.87. The zero-order valence-electron chi connectivity index (χ0n) is 9.45. The Morgan fingerprint density at radius 2 is 1.76 bits per heavy atom. The predicted octanol–water partition coefficient (Wildman–Crippen LogP) is 4.38. The SMILES string of the molecule is Cc1c(C(=O)O)sc(-c2ccc(Cl)cc2)c1C. The van der Waals surface area contributed by atoms with Crippen LogP contribution in [0.3, 0.4) is 0 Å². The second-order valence-corrected chi connectivity index (χ2v) is 5.28. The van der Waals surface area contributed by atoms with Crippen molar-refractivity contribution in [3.8, 4) is 10.4 Å². The van der Waals surface area contributed by atoms with E-state index in [0.717, 1.165) is 21.6 Å². The van der Waals surface area contributed by atoms with Gasteiger partial charge in [0.15, 0.2) is 0 Å². The van der Waals surface area contributed by atoms with Crippen molar-refractivity contribution in [1.82, 2.24) is 0 Å². The van der Waals surface area contributed by atoms with Gasteiger partial charge in [-0.1, -0.05) is 23.7 Å². The first-order valence-electron chi connectivity index (χ1n) is 5.10. The number of hydrogen-bond donors (Lipinski definition) is 1. The number of carbonyl (C=O) groups is 1. The van der Waals surface area contributed by atoms with Crippen molar-refractivity contribution in [2.24, 2.45) is 0 Å². The lowest BCUT2D eigenvalue weighted by Gasteiger charge is -2.00. The molecule has 0 saturated heterocycles. The zero-order valence-corrected chi connectivity index (χ0v) is 11.0. The highest BCUT2D eigenvalue weighted by Crippen LogP contribution is 2.36. The molecule has 2 rings (SSSR count). The van der Waals surface area contributed by atoms with Gasteiger partial charge in [0, 0.05) is 9.90 Å². The van der Waals surface area contributed by atoms with Crippen LogP contribution in [0.25, 0.3) is 10.4 Å². The van der Waals surface area contributed by atoms with Gasteiger partial charge in [0.2, 0.25) is 0 Å². The lowest BCUT2D eigenvalue weighted by atomic mass is 10.1. The first-order chi connectivity index (χ1) is 8.00. The van der Waals surface area contributed by atoms with E-state index < -0.39 is 5.97 Å². The van der Waals surface area contributed by atoms with Gasteiger partial charge in [-0.25, -0.2) is 4.79 Å². The van der Waals surface area contributed by atoms with Crippen LogP contribution in [0.15, 0.2) is 24.3 Å². The Hall–Kier alpha value is -1.32. The first kappa shape index (κ1) is 12.1. The van der Waals surface area contributed by atoms with Gasteiger partial charge >= 0.3 is 5.97 Å². The number of benzene rings is 1. The van der Waals surface area contributed by atoms with Crippen LogP contribution in [0.2, 0.25) is 5.02 Å². The van der Waals surface area contributed by atoms with Crippen LogP contribution in [-0.4, -0.2) is 11.1 Å². The minimum Gasteiger partial charge on any atom is -0.477 e. The summed E-state index contributed by atoms with van der Waals surface area (Å²) < 4.78 is 0. The summed E-state index contributed by atoms with van der Waals surface area (Å²) in [6, 6.07) is 7.44. The molecule has 0 aliphatic heterocycles. The molecule has 17 heavy (non-hydrogen) atoms. The van der Waals surface area contributed by atoms with E-state index in [-0.39, 0.29) is 0 Å². The summed E-state index contributed by atoms with van der Waals surface area (Å²) in [6.45, 7) is 3.79. The fraction of sp³-hybridized carbons (Fsp3) is 0.154. The van der Waals surface area contributed by atoms with Crippen molar-refractivity contribution in [3.05, 3.63) is 45.3 Å². The molecule has 4 heteroatoms. The number of hydrogen-bond acceptors (Lipinski definition) is 2. The molecule has 2 nitrogen and oxygen atoms in total. The summed E-state index contributed by atoms with van der Waals surface area (Å²) in [4.78, 5) is 12.5. The third-order valence-corrected chi connectivity index (χ3v) is 4.43. The molecule has 2 aromatic rings. The van der Waals surface area contributed by atoms with Gasteiger partial charge < -0.3 is 5.11 Å². The zero-order chi connectivity index (χ0) is 12.6.